The van der Waals surface area contributed by atoms with Gasteiger partial charge in [0, 0.05) is 38.6 Å². The summed E-state index contributed by atoms with van der Waals surface area (Å²) in [5.41, 5.74) is 1.49. The fraction of sp³-hybridized carbons (Fsp3) is 0.231. The molecule has 0 radical (unpaired) electrons. The summed E-state index contributed by atoms with van der Waals surface area (Å²) in [6, 6.07) is 12.5. The number of benzene rings is 1. The monoisotopic (exact) mass is 502 g/mol. The van der Waals surface area contributed by atoms with Crippen LogP contribution in [0.5, 0.6) is 0 Å². The normalized spacial score (nSPS) is 14.4. The quantitative estimate of drug-likeness (QED) is 0.392. The molecular formula is C26H23FN6O2S. The van der Waals surface area contributed by atoms with Crippen molar-refractivity contribution >= 4 is 49.1 Å². The van der Waals surface area contributed by atoms with E-state index in [2.05, 4.69) is 15.6 Å². The topological polar surface area (TPSA) is 91.6 Å². The molecule has 36 heavy (non-hydrogen) atoms. The lowest BCUT2D eigenvalue weighted by atomic mass is 10.1. The third-order valence-electron chi connectivity index (χ3n) is 6.42. The Bertz CT molecular complexity index is 1660. The van der Waals surface area contributed by atoms with Gasteiger partial charge in [0.25, 0.3) is 5.91 Å². The van der Waals surface area contributed by atoms with Crippen LogP contribution in [-0.2, 0) is 6.54 Å². The van der Waals surface area contributed by atoms with Crippen LogP contribution in [0.1, 0.15) is 22.3 Å². The molecule has 1 fully saturated rings. The van der Waals surface area contributed by atoms with Gasteiger partial charge in [-0.1, -0.05) is 12.1 Å². The van der Waals surface area contributed by atoms with Crippen molar-refractivity contribution in [2.75, 3.05) is 31.1 Å². The van der Waals surface area contributed by atoms with E-state index in [1.165, 1.54) is 17.4 Å². The lowest BCUT2D eigenvalue weighted by molar-refractivity contribution is 0.0951. The van der Waals surface area contributed by atoms with Gasteiger partial charge in [0.2, 0.25) is 5.43 Å². The van der Waals surface area contributed by atoms with E-state index < -0.39 is 17.2 Å². The summed E-state index contributed by atoms with van der Waals surface area (Å²) in [6.45, 7) is 3.12. The molecule has 0 saturated carbocycles. The van der Waals surface area contributed by atoms with Crippen LogP contribution in [0.15, 0.2) is 59.7 Å². The summed E-state index contributed by atoms with van der Waals surface area (Å²) in [4.78, 5) is 38.1. The first-order valence-corrected chi connectivity index (χ1v) is 12.6. The minimum atomic E-state index is -0.566. The summed E-state index contributed by atoms with van der Waals surface area (Å²) in [5, 5.41) is 6.23. The maximum absolute atomic E-state index is 15.4. The Balaban J connectivity index is 1.56. The number of rotatable bonds is 4. The number of amides is 1. The summed E-state index contributed by atoms with van der Waals surface area (Å²) in [5.74, 6) is -0.848. The molecule has 0 bridgehead atoms. The van der Waals surface area contributed by atoms with Crippen molar-refractivity contribution in [3.8, 4) is 0 Å². The molecule has 1 aromatic carbocycles. The minimum Gasteiger partial charge on any atom is -0.353 e. The second-order valence-electron chi connectivity index (χ2n) is 8.71. The molecule has 6 rings (SSSR count). The van der Waals surface area contributed by atoms with Gasteiger partial charge in [0.05, 0.1) is 15.6 Å². The SMILES string of the molecule is O=C(NCc1ccncc1)c1c(=O)c2cc(F)c(N3CCCNCC3)nc2n2c1sc1ccccc12. The van der Waals surface area contributed by atoms with Crippen molar-refractivity contribution in [1.29, 1.82) is 0 Å². The lowest BCUT2D eigenvalue weighted by Gasteiger charge is -2.22. The fourth-order valence-corrected chi connectivity index (χ4v) is 5.83. The number of thiazole rings is 1. The van der Waals surface area contributed by atoms with E-state index >= 15 is 4.39 Å². The molecule has 4 aromatic heterocycles. The van der Waals surface area contributed by atoms with E-state index in [0.717, 1.165) is 35.3 Å². The number of nitrogens with one attached hydrogen (secondary N) is 2. The zero-order chi connectivity index (χ0) is 24.6. The van der Waals surface area contributed by atoms with E-state index in [0.29, 0.717) is 23.6 Å². The first-order valence-electron chi connectivity index (χ1n) is 11.8. The standard InChI is InChI=1S/C26H23FN6O2S/c27-18-14-17-22(34)21(25(35)30-15-16-6-9-29-10-7-16)26-33(19-4-1-2-5-20(19)36-26)23(17)31-24(18)32-12-3-8-28-11-13-32/h1-2,4-7,9-10,14,28H,3,8,11-13,15H2,(H,30,35). The van der Waals surface area contributed by atoms with Gasteiger partial charge < -0.3 is 15.5 Å². The van der Waals surface area contributed by atoms with E-state index in [1.807, 2.05) is 33.6 Å². The Morgan fingerprint density at radius 2 is 1.97 bits per heavy atom. The molecule has 1 aliphatic rings. The van der Waals surface area contributed by atoms with Gasteiger partial charge in [-0.25, -0.2) is 9.37 Å². The van der Waals surface area contributed by atoms with E-state index in [9.17, 15) is 9.59 Å². The Kier molecular flexibility index (Phi) is 5.82. The number of para-hydroxylation sites is 1. The second-order valence-corrected chi connectivity index (χ2v) is 9.74. The molecule has 0 unspecified atom stereocenters. The molecule has 1 saturated heterocycles. The Labute approximate surface area is 209 Å². The van der Waals surface area contributed by atoms with Gasteiger partial charge >= 0.3 is 0 Å². The fourth-order valence-electron chi connectivity index (χ4n) is 4.65. The lowest BCUT2D eigenvalue weighted by Crippen LogP contribution is -2.31. The van der Waals surface area contributed by atoms with Gasteiger partial charge in [-0.2, -0.15) is 0 Å². The Morgan fingerprint density at radius 1 is 1.14 bits per heavy atom. The highest BCUT2D eigenvalue weighted by Gasteiger charge is 2.25. The number of carbonyl (C=O) groups is 1. The number of pyridine rings is 3. The number of aromatic nitrogens is 3. The zero-order valence-electron chi connectivity index (χ0n) is 19.3. The molecule has 182 valence electrons. The zero-order valence-corrected chi connectivity index (χ0v) is 20.1. The molecule has 10 heteroatoms. The van der Waals surface area contributed by atoms with Crippen LogP contribution >= 0.6 is 11.3 Å². The molecular weight excluding hydrogens is 479 g/mol. The Morgan fingerprint density at radius 3 is 2.83 bits per heavy atom. The molecule has 5 heterocycles. The van der Waals surface area contributed by atoms with Crippen molar-refractivity contribution in [2.45, 2.75) is 13.0 Å². The molecule has 2 N–H and O–H groups in total. The number of anilines is 1. The highest BCUT2D eigenvalue weighted by molar-refractivity contribution is 7.24. The van der Waals surface area contributed by atoms with Crippen LogP contribution in [0.2, 0.25) is 0 Å². The van der Waals surface area contributed by atoms with Crippen LogP contribution in [0, 0.1) is 5.82 Å². The van der Waals surface area contributed by atoms with Crippen LogP contribution in [0.25, 0.3) is 26.1 Å². The van der Waals surface area contributed by atoms with Crippen molar-refractivity contribution in [3.63, 3.8) is 0 Å². The van der Waals surface area contributed by atoms with Gasteiger partial charge in [-0.05, 0) is 48.9 Å². The number of nitrogens with zero attached hydrogens (tertiary/aromatic N) is 4. The van der Waals surface area contributed by atoms with Crippen molar-refractivity contribution in [1.82, 2.24) is 25.0 Å². The van der Waals surface area contributed by atoms with Crippen LogP contribution in [0.3, 0.4) is 0 Å². The largest absolute Gasteiger partial charge is 0.353 e. The third kappa shape index (κ3) is 3.88. The summed E-state index contributed by atoms with van der Waals surface area (Å²) in [7, 11) is 0. The number of hydrogen-bond acceptors (Lipinski definition) is 7. The first kappa shape index (κ1) is 22.6. The van der Waals surface area contributed by atoms with Gasteiger partial charge in [-0.15, -0.1) is 11.3 Å². The number of fused-ring (bicyclic) bond motifs is 5. The second kappa shape index (κ2) is 9.29. The minimum absolute atomic E-state index is 0.00863. The highest BCUT2D eigenvalue weighted by Crippen LogP contribution is 2.32. The summed E-state index contributed by atoms with van der Waals surface area (Å²) in [6.07, 6.45) is 4.15. The predicted molar refractivity (Wildman–Crippen MR) is 139 cm³/mol. The van der Waals surface area contributed by atoms with Crippen molar-refractivity contribution < 1.29 is 9.18 Å². The predicted octanol–water partition coefficient (Wildman–Crippen LogP) is 3.33. The van der Waals surface area contributed by atoms with Crippen molar-refractivity contribution in [2.24, 2.45) is 0 Å². The number of carbonyl (C=O) groups excluding carboxylic acids is 1. The number of halogens is 1. The van der Waals surface area contributed by atoms with E-state index in [4.69, 9.17) is 4.98 Å². The molecule has 0 atom stereocenters. The molecule has 1 aliphatic heterocycles. The van der Waals surface area contributed by atoms with Gasteiger partial charge in [-0.3, -0.25) is 19.0 Å². The highest BCUT2D eigenvalue weighted by atomic mass is 32.1. The maximum Gasteiger partial charge on any atom is 0.258 e. The van der Waals surface area contributed by atoms with Crippen LogP contribution in [-0.4, -0.2) is 46.5 Å². The van der Waals surface area contributed by atoms with Crippen LogP contribution in [0.4, 0.5) is 10.2 Å². The van der Waals surface area contributed by atoms with E-state index in [1.54, 1.807) is 24.5 Å². The molecule has 5 aromatic rings. The Hall–Kier alpha value is -3.89. The van der Waals surface area contributed by atoms with Crippen molar-refractivity contribution in [3.05, 3.63) is 82.0 Å². The third-order valence-corrected chi connectivity index (χ3v) is 7.56. The maximum atomic E-state index is 15.4. The average molecular weight is 503 g/mol. The molecule has 0 aliphatic carbocycles. The first-order chi connectivity index (χ1) is 17.6. The van der Waals surface area contributed by atoms with Gasteiger partial charge in [0.15, 0.2) is 17.3 Å². The molecule has 1 amide bonds. The number of hydrogen-bond donors (Lipinski definition) is 2. The smallest absolute Gasteiger partial charge is 0.258 e. The summed E-state index contributed by atoms with van der Waals surface area (Å²) < 4.78 is 18.1. The molecule has 0 spiro atoms. The summed E-state index contributed by atoms with van der Waals surface area (Å²) >= 11 is 1.35. The van der Waals surface area contributed by atoms with Crippen LogP contribution < -0.4 is 21.0 Å². The average Bonchev–Trinajstić information content (AvgIpc) is 3.07. The van der Waals surface area contributed by atoms with E-state index in [-0.39, 0.29) is 23.3 Å². The molecule has 8 nitrogen and oxygen atoms in total. The van der Waals surface area contributed by atoms with Gasteiger partial charge in [0.1, 0.15) is 10.4 Å².